The van der Waals surface area contributed by atoms with Crippen molar-refractivity contribution in [3.05, 3.63) is 0 Å². The van der Waals surface area contributed by atoms with Crippen LogP contribution in [0.15, 0.2) is 0 Å². The number of nitrogens with one attached hydrogen (secondary N) is 1. The molecule has 1 atom stereocenters. The number of unbranched alkanes of at least 4 members (excludes halogenated alkanes) is 1. The Balaban J connectivity index is 4.30. The van der Waals surface area contributed by atoms with Gasteiger partial charge in [0.15, 0.2) is 0 Å². The van der Waals surface area contributed by atoms with Gasteiger partial charge in [-0.2, -0.15) is 0 Å². The fourth-order valence-corrected chi connectivity index (χ4v) is 1.32. The summed E-state index contributed by atoms with van der Waals surface area (Å²) in [5.41, 5.74) is -0.452. The third-order valence-corrected chi connectivity index (χ3v) is 2.29. The molecule has 0 aliphatic heterocycles. The van der Waals surface area contributed by atoms with Crippen LogP contribution in [0.2, 0.25) is 0 Å². The Kier molecular flexibility index (Phi) is 6.52. The van der Waals surface area contributed by atoms with Gasteiger partial charge in [0.05, 0.1) is 13.7 Å². The Morgan fingerprint density at radius 3 is 2.53 bits per heavy atom. The molecule has 0 aromatic carbocycles. The molecule has 0 radical (unpaired) electrons. The number of aliphatic hydroxyl groups is 1. The Labute approximate surface area is 92.0 Å². The van der Waals surface area contributed by atoms with Crippen molar-refractivity contribution in [3.8, 4) is 0 Å². The zero-order valence-electron chi connectivity index (χ0n) is 10.2. The van der Waals surface area contributed by atoms with Crippen molar-refractivity contribution in [2.45, 2.75) is 51.6 Å². The minimum atomic E-state index is -0.452. The van der Waals surface area contributed by atoms with Crippen LogP contribution in [0, 0.1) is 0 Å². The number of hydrogen-bond donors (Lipinski definition) is 2. The first-order chi connectivity index (χ1) is 6.96. The number of methoxy groups -OCH3 is 1. The molecule has 0 heterocycles. The van der Waals surface area contributed by atoms with Crippen LogP contribution in [-0.2, 0) is 9.53 Å². The van der Waals surface area contributed by atoms with E-state index in [-0.39, 0.29) is 18.6 Å². The summed E-state index contributed by atoms with van der Waals surface area (Å²) in [5, 5.41) is 12.2. The number of esters is 1. The Morgan fingerprint density at radius 2 is 2.13 bits per heavy atom. The number of ether oxygens (including phenoxy) is 1. The van der Waals surface area contributed by atoms with Crippen molar-refractivity contribution < 1.29 is 14.6 Å². The summed E-state index contributed by atoms with van der Waals surface area (Å²) in [6, 6.07) is -0.322. The first-order valence-electron chi connectivity index (χ1n) is 5.43. The predicted molar refractivity (Wildman–Crippen MR) is 59.6 cm³/mol. The van der Waals surface area contributed by atoms with Gasteiger partial charge in [-0.25, -0.2) is 0 Å². The molecule has 0 spiro atoms. The molecule has 0 aliphatic rings. The van der Waals surface area contributed by atoms with Crippen molar-refractivity contribution in [2.75, 3.05) is 13.7 Å². The molecular formula is C11H23NO3. The molecule has 0 bridgehead atoms. The highest BCUT2D eigenvalue weighted by Crippen LogP contribution is 2.08. The van der Waals surface area contributed by atoms with Crippen LogP contribution in [0.25, 0.3) is 0 Å². The van der Waals surface area contributed by atoms with E-state index in [4.69, 9.17) is 9.84 Å². The average Bonchev–Trinajstić information content (AvgIpc) is 2.23. The molecule has 0 fully saturated rings. The van der Waals surface area contributed by atoms with Crippen molar-refractivity contribution in [3.63, 3.8) is 0 Å². The maximum Gasteiger partial charge on any atom is 0.322 e. The van der Waals surface area contributed by atoms with Crippen LogP contribution in [0.4, 0.5) is 0 Å². The lowest BCUT2D eigenvalue weighted by Crippen LogP contribution is -2.52. The number of hydrogen-bond acceptors (Lipinski definition) is 4. The first-order valence-corrected chi connectivity index (χ1v) is 5.43. The fourth-order valence-electron chi connectivity index (χ4n) is 1.32. The van der Waals surface area contributed by atoms with E-state index < -0.39 is 5.54 Å². The minimum absolute atomic E-state index is 0.00732. The number of aliphatic hydroxyl groups excluding tert-OH is 1. The summed E-state index contributed by atoms with van der Waals surface area (Å²) in [6.45, 7) is 5.78. The highest BCUT2D eigenvalue weighted by molar-refractivity contribution is 5.75. The molecule has 4 heteroatoms. The summed E-state index contributed by atoms with van der Waals surface area (Å²) in [7, 11) is 1.38. The molecule has 1 unspecified atom stereocenters. The van der Waals surface area contributed by atoms with Gasteiger partial charge < -0.3 is 9.84 Å². The molecule has 0 aliphatic carbocycles. The van der Waals surface area contributed by atoms with Gasteiger partial charge in [-0.1, -0.05) is 19.8 Å². The molecule has 0 rings (SSSR count). The van der Waals surface area contributed by atoms with E-state index in [1.807, 2.05) is 13.8 Å². The standard InChI is InChI=1S/C11H23NO3/c1-5-6-7-9(10(14)15-4)12-11(2,3)8-13/h9,12-13H,5-8H2,1-4H3. The zero-order valence-corrected chi connectivity index (χ0v) is 10.2. The zero-order chi connectivity index (χ0) is 11.9. The number of rotatable bonds is 7. The lowest BCUT2D eigenvalue weighted by molar-refractivity contribution is -0.144. The van der Waals surface area contributed by atoms with Crippen LogP contribution in [0.3, 0.4) is 0 Å². The van der Waals surface area contributed by atoms with E-state index in [0.29, 0.717) is 0 Å². The highest BCUT2D eigenvalue weighted by atomic mass is 16.5. The van der Waals surface area contributed by atoms with Crippen molar-refractivity contribution >= 4 is 5.97 Å². The number of carbonyl (C=O) groups is 1. The summed E-state index contributed by atoms with van der Waals surface area (Å²) in [6.07, 6.45) is 2.75. The van der Waals surface area contributed by atoms with E-state index in [2.05, 4.69) is 12.2 Å². The van der Waals surface area contributed by atoms with Gasteiger partial charge in [-0.05, 0) is 20.3 Å². The smallest absolute Gasteiger partial charge is 0.322 e. The molecule has 4 nitrogen and oxygen atoms in total. The summed E-state index contributed by atoms with van der Waals surface area (Å²) in [5.74, 6) is -0.259. The second-order valence-corrected chi connectivity index (χ2v) is 4.40. The third-order valence-electron chi connectivity index (χ3n) is 2.29. The lowest BCUT2D eigenvalue weighted by Gasteiger charge is -2.28. The average molecular weight is 217 g/mol. The van der Waals surface area contributed by atoms with Crippen LogP contribution in [0.5, 0.6) is 0 Å². The van der Waals surface area contributed by atoms with Crippen LogP contribution >= 0.6 is 0 Å². The Hall–Kier alpha value is -0.610. The molecule has 0 aromatic heterocycles. The normalized spacial score (nSPS) is 13.7. The summed E-state index contributed by atoms with van der Waals surface area (Å²) in [4.78, 5) is 11.4. The second-order valence-electron chi connectivity index (χ2n) is 4.40. The molecule has 2 N–H and O–H groups in total. The topological polar surface area (TPSA) is 58.6 Å². The van der Waals surface area contributed by atoms with Crippen molar-refractivity contribution in [2.24, 2.45) is 0 Å². The maximum atomic E-state index is 11.4. The van der Waals surface area contributed by atoms with Gasteiger partial charge >= 0.3 is 5.97 Å². The molecule has 0 aromatic rings. The van der Waals surface area contributed by atoms with Crippen molar-refractivity contribution in [1.29, 1.82) is 0 Å². The Morgan fingerprint density at radius 1 is 1.53 bits per heavy atom. The van der Waals surface area contributed by atoms with Crippen LogP contribution in [-0.4, -0.2) is 36.4 Å². The Bertz CT molecular complexity index is 192. The van der Waals surface area contributed by atoms with E-state index in [9.17, 15) is 4.79 Å². The van der Waals surface area contributed by atoms with Gasteiger partial charge in [0, 0.05) is 5.54 Å². The maximum absolute atomic E-state index is 11.4. The molecule has 90 valence electrons. The fraction of sp³-hybridized carbons (Fsp3) is 0.909. The van der Waals surface area contributed by atoms with Gasteiger partial charge in [0.1, 0.15) is 6.04 Å². The summed E-state index contributed by atoms with van der Waals surface area (Å²) >= 11 is 0. The second kappa shape index (κ2) is 6.80. The molecule has 15 heavy (non-hydrogen) atoms. The largest absolute Gasteiger partial charge is 0.468 e. The molecule has 0 saturated carbocycles. The highest BCUT2D eigenvalue weighted by Gasteiger charge is 2.26. The third kappa shape index (κ3) is 5.74. The monoisotopic (exact) mass is 217 g/mol. The van der Waals surface area contributed by atoms with E-state index in [1.54, 1.807) is 0 Å². The van der Waals surface area contributed by atoms with Gasteiger partial charge in [0.25, 0.3) is 0 Å². The van der Waals surface area contributed by atoms with Crippen LogP contribution in [0.1, 0.15) is 40.0 Å². The van der Waals surface area contributed by atoms with Gasteiger partial charge in [0.2, 0.25) is 0 Å². The van der Waals surface area contributed by atoms with Gasteiger partial charge in [-0.15, -0.1) is 0 Å². The SMILES string of the molecule is CCCCC(NC(C)(C)CO)C(=O)OC. The van der Waals surface area contributed by atoms with E-state index >= 15 is 0 Å². The van der Waals surface area contributed by atoms with Gasteiger partial charge in [-0.3, -0.25) is 10.1 Å². The van der Waals surface area contributed by atoms with E-state index in [1.165, 1.54) is 7.11 Å². The van der Waals surface area contributed by atoms with E-state index in [0.717, 1.165) is 19.3 Å². The van der Waals surface area contributed by atoms with Crippen LogP contribution < -0.4 is 5.32 Å². The molecule has 0 amide bonds. The quantitative estimate of drug-likeness (QED) is 0.626. The molecule has 0 saturated heterocycles. The first kappa shape index (κ1) is 14.4. The minimum Gasteiger partial charge on any atom is -0.468 e. The molecular weight excluding hydrogens is 194 g/mol. The predicted octanol–water partition coefficient (Wildman–Crippen LogP) is 1.08. The lowest BCUT2D eigenvalue weighted by atomic mass is 10.0. The van der Waals surface area contributed by atoms with Crippen molar-refractivity contribution in [1.82, 2.24) is 5.32 Å². The summed E-state index contributed by atoms with van der Waals surface area (Å²) < 4.78 is 4.72. The number of carbonyl (C=O) groups excluding carboxylic acids is 1.